The summed E-state index contributed by atoms with van der Waals surface area (Å²) in [6, 6.07) is 7.45. The molecule has 1 aromatic heterocycles. The molecule has 2 aromatic rings. The molecule has 0 bridgehead atoms. The van der Waals surface area contributed by atoms with Crippen molar-refractivity contribution < 1.29 is 4.74 Å². The zero-order chi connectivity index (χ0) is 15.4. The van der Waals surface area contributed by atoms with Gasteiger partial charge in [-0.25, -0.2) is 0 Å². The van der Waals surface area contributed by atoms with Gasteiger partial charge in [0, 0.05) is 35.4 Å². The Labute approximate surface area is 142 Å². The van der Waals surface area contributed by atoms with Crippen molar-refractivity contribution in [3.05, 3.63) is 50.7 Å². The highest BCUT2D eigenvalue weighted by molar-refractivity contribution is 9.10. The molecule has 6 heteroatoms. The van der Waals surface area contributed by atoms with Gasteiger partial charge in [0.1, 0.15) is 11.5 Å². The number of rotatable bonds is 5. The summed E-state index contributed by atoms with van der Waals surface area (Å²) in [4.78, 5) is 4.30. The van der Waals surface area contributed by atoms with Crippen molar-refractivity contribution >= 4 is 39.1 Å². The number of nitrogens with zero attached hydrogens (tertiary/aromatic N) is 1. The maximum Gasteiger partial charge on any atom is 0.147 e. The van der Waals surface area contributed by atoms with Crippen LogP contribution in [0.25, 0.3) is 0 Å². The van der Waals surface area contributed by atoms with Gasteiger partial charge in [0.25, 0.3) is 0 Å². The average Bonchev–Trinajstić information content (AvgIpc) is 2.43. The monoisotopic (exact) mass is 388 g/mol. The van der Waals surface area contributed by atoms with Crippen molar-refractivity contribution in [2.45, 2.75) is 26.4 Å². The highest BCUT2D eigenvalue weighted by atomic mass is 79.9. The molecule has 1 aromatic carbocycles. The molecular formula is C15H15BrCl2N2O. The second kappa shape index (κ2) is 7.45. The van der Waals surface area contributed by atoms with Crippen LogP contribution in [-0.2, 0) is 6.54 Å². The zero-order valence-corrected chi connectivity index (χ0v) is 14.8. The number of benzene rings is 1. The first-order valence-corrected chi connectivity index (χ1v) is 8.01. The first-order valence-electron chi connectivity index (χ1n) is 6.46. The second-order valence-electron chi connectivity index (χ2n) is 4.82. The van der Waals surface area contributed by atoms with Gasteiger partial charge in [0.15, 0.2) is 0 Å². The van der Waals surface area contributed by atoms with E-state index in [0.29, 0.717) is 34.1 Å². The summed E-state index contributed by atoms with van der Waals surface area (Å²) in [6.07, 6.45) is 1.71. The van der Waals surface area contributed by atoms with Crippen molar-refractivity contribution in [3.63, 3.8) is 0 Å². The lowest BCUT2D eigenvalue weighted by molar-refractivity contribution is 0.479. The standard InChI is InChI=1S/C15H15BrCl2N2O/c1-9(2)20-8-10-5-11(3-4-19-10)21-15-7-13(17)12(16)6-14(15)18/h3-7,9,20H,8H2,1-2H3. The Morgan fingerprint density at radius 2 is 2.00 bits per heavy atom. The van der Waals surface area contributed by atoms with Crippen LogP contribution in [-0.4, -0.2) is 11.0 Å². The van der Waals surface area contributed by atoms with Crippen LogP contribution in [0.5, 0.6) is 11.5 Å². The molecule has 0 aliphatic heterocycles. The molecule has 0 aliphatic carbocycles. The molecule has 0 unspecified atom stereocenters. The van der Waals surface area contributed by atoms with Gasteiger partial charge in [-0.3, -0.25) is 4.98 Å². The lowest BCUT2D eigenvalue weighted by Crippen LogP contribution is -2.22. The van der Waals surface area contributed by atoms with Gasteiger partial charge >= 0.3 is 0 Å². The van der Waals surface area contributed by atoms with E-state index in [0.717, 1.165) is 10.2 Å². The molecule has 0 amide bonds. The summed E-state index contributed by atoms with van der Waals surface area (Å²) in [6.45, 7) is 4.86. The van der Waals surface area contributed by atoms with Crippen molar-refractivity contribution in [2.75, 3.05) is 0 Å². The summed E-state index contributed by atoms with van der Waals surface area (Å²) >= 11 is 15.5. The van der Waals surface area contributed by atoms with Gasteiger partial charge in [0.2, 0.25) is 0 Å². The molecule has 0 saturated carbocycles. The fourth-order valence-corrected chi connectivity index (χ4v) is 2.47. The smallest absolute Gasteiger partial charge is 0.147 e. The number of nitrogens with one attached hydrogen (secondary N) is 1. The highest BCUT2D eigenvalue weighted by Gasteiger charge is 2.08. The lowest BCUT2D eigenvalue weighted by Gasteiger charge is -2.11. The van der Waals surface area contributed by atoms with Crippen LogP contribution in [0.3, 0.4) is 0 Å². The van der Waals surface area contributed by atoms with E-state index in [1.165, 1.54) is 0 Å². The van der Waals surface area contributed by atoms with Crippen LogP contribution in [0.15, 0.2) is 34.9 Å². The minimum Gasteiger partial charge on any atom is -0.456 e. The number of hydrogen-bond donors (Lipinski definition) is 1. The summed E-state index contributed by atoms with van der Waals surface area (Å²) in [5, 5.41) is 4.35. The van der Waals surface area contributed by atoms with Crippen LogP contribution >= 0.6 is 39.1 Å². The van der Waals surface area contributed by atoms with Gasteiger partial charge in [-0.1, -0.05) is 37.0 Å². The molecule has 21 heavy (non-hydrogen) atoms. The van der Waals surface area contributed by atoms with E-state index in [1.807, 2.05) is 6.07 Å². The maximum absolute atomic E-state index is 6.15. The molecule has 112 valence electrons. The molecule has 0 fully saturated rings. The molecule has 0 atom stereocenters. The average molecular weight is 390 g/mol. The van der Waals surface area contributed by atoms with E-state index in [9.17, 15) is 0 Å². The third kappa shape index (κ3) is 4.85. The number of hydrogen-bond acceptors (Lipinski definition) is 3. The summed E-state index contributed by atoms with van der Waals surface area (Å²) in [5.74, 6) is 1.18. The molecule has 2 rings (SSSR count). The van der Waals surface area contributed by atoms with Crippen LogP contribution in [0.2, 0.25) is 10.0 Å². The SMILES string of the molecule is CC(C)NCc1cc(Oc2cc(Cl)c(Br)cc2Cl)ccn1. The van der Waals surface area contributed by atoms with Crippen molar-refractivity contribution in [1.82, 2.24) is 10.3 Å². The third-order valence-corrected chi connectivity index (χ3v) is 4.17. The minimum absolute atomic E-state index is 0.399. The number of ether oxygens (including phenoxy) is 1. The second-order valence-corrected chi connectivity index (χ2v) is 6.49. The van der Waals surface area contributed by atoms with Gasteiger partial charge in [-0.15, -0.1) is 0 Å². The Balaban J connectivity index is 2.16. The molecular weight excluding hydrogens is 375 g/mol. The van der Waals surface area contributed by atoms with E-state index < -0.39 is 0 Å². The first kappa shape index (κ1) is 16.6. The highest BCUT2D eigenvalue weighted by Crippen LogP contribution is 2.36. The fraction of sp³-hybridized carbons (Fsp3) is 0.267. The topological polar surface area (TPSA) is 34.1 Å². The minimum atomic E-state index is 0.399. The molecule has 1 heterocycles. The van der Waals surface area contributed by atoms with Gasteiger partial charge in [0.05, 0.1) is 15.7 Å². The van der Waals surface area contributed by atoms with E-state index in [1.54, 1.807) is 24.4 Å². The van der Waals surface area contributed by atoms with Crippen molar-refractivity contribution in [1.29, 1.82) is 0 Å². The molecule has 0 spiro atoms. The van der Waals surface area contributed by atoms with Crippen molar-refractivity contribution in [2.24, 2.45) is 0 Å². The Kier molecular flexibility index (Phi) is 5.88. The molecule has 0 aliphatic rings. The van der Waals surface area contributed by atoms with Gasteiger partial charge in [-0.2, -0.15) is 0 Å². The Bertz CT molecular complexity index is 635. The lowest BCUT2D eigenvalue weighted by atomic mass is 10.3. The van der Waals surface area contributed by atoms with E-state index in [-0.39, 0.29) is 0 Å². The maximum atomic E-state index is 6.15. The van der Waals surface area contributed by atoms with Crippen molar-refractivity contribution in [3.8, 4) is 11.5 Å². The van der Waals surface area contributed by atoms with Gasteiger partial charge < -0.3 is 10.1 Å². The third-order valence-electron chi connectivity index (χ3n) is 2.68. The molecule has 1 N–H and O–H groups in total. The van der Waals surface area contributed by atoms with E-state index in [2.05, 4.69) is 40.1 Å². The Morgan fingerprint density at radius 3 is 2.71 bits per heavy atom. The predicted molar refractivity (Wildman–Crippen MR) is 90.4 cm³/mol. The quantitative estimate of drug-likeness (QED) is 0.691. The predicted octanol–water partition coefficient (Wildman–Crippen LogP) is 5.44. The van der Waals surface area contributed by atoms with Crippen LogP contribution in [0, 0.1) is 0 Å². The van der Waals surface area contributed by atoms with E-state index in [4.69, 9.17) is 27.9 Å². The first-order chi connectivity index (χ1) is 9.95. The van der Waals surface area contributed by atoms with Gasteiger partial charge in [-0.05, 0) is 28.1 Å². The molecule has 0 radical (unpaired) electrons. The largest absolute Gasteiger partial charge is 0.456 e. The number of aromatic nitrogens is 1. The number of pyridine rings is 1. The Morgan fingerprint density at radius 1 is 1.24 bits per heavy atom. The number of halogens is 3. The van der Waals surface area contributed by atoms with E-state index >= 15 is 0 Å². The normalized spacial score (nSPS) is 11.0. The summed E-state index contributed by atoms with van der Waals surface area (Å²) < 4.78 is 6.52. The van der Waals surface area contributed by atoms with Crippen LogP contribution in [0.1, 0.15) is 19.5 Å². The molecule has 3 nitrogen and oxygen atoms in total. The summed E-state index contributed by atoms with van der Waals surface area (Å²) in [7, 11) is 0. The zero-order valence-electron chi connectivity index (χ0n) is 11.7. The molecule has 0 saturated heterocycles. The summed E-state index contributed by atoms with van der Waals surface area (Å²) in [5.41, 5.74) is 0.903. The Hall–Kier alpha value is -0.810. The van der Waals surface area contributed by atoms with Crippen LogP contribution < -0.4 is 10.1 Å². The fourth-order valence-electron chi connectivity index (χ4n) is 1.63. The van der Waals surface area contributed by atoms with Crippen LogP contribution in [0.4, 0.5) is 0 Å².